The van der Waals surface area contributed by atoms with Gasteiger partial charge in [-0.2, -0.15) is 0 Å². The Morgan fingerprint density at radius 3 is 2.77 bits per heavy atom. The highest BCUT2D eigenvalue weighted by atomic mass is 19.1. The first kappa shape index (κ1) is 16.4. The fraction of sp³-hybridized carbons (Fsp3) is 0.353. The molecule has 0 saturated heterocycles. The number of rotatable bonds is 7. The lowest BCUT2D eigenvalue weighted by Crippen LogP contribution is -2.12. The molecule has 0 amide bonds. The van der Waals surface area contributed by atoms with Crippen LogP contribution in [0.3, 0.4) is 0 Å². The normalized spacial score (nSPS) is 10.7. The van der Waals surface area contributed by atoms with Crippen molar-refractivity contribution in [2.24, 2.45) is 0 Å². The van der Waals surface area contributed by atoms with Crippen molar-refractivity contribution < 1.29 is 14.2 Å². The second kappa shape index (κ2) is 7.87. The standard InChI is InChI=1S/C17H21FN2O2/c1-12-15(13-4-6-16(18)14(10-13)11-21)5-7-17(20-12)22-9-3-8-19-2/h4-7,10,19,21H,3,8-9,11H2,1-2H3. The van der Waals surface area contributed by atoms with E-state index >= 15 is 0 Å². The predicted octanol–water partition coefficient (Wildman–Crippen LogP) is 2.68. The second-order valence-corrected chi connectivity index (χ2v) is 5.05. The first-order valence-electron chi connectivity index (χ1n) is 7.30. The quantitative estimate of drug-likeness (QED) is 0.772. The molecule has 2 N–H and O–H groups in total. The van der Waals surface area contributed by atoms with Gasteiger partial charge in [-0.1, -0.05) is 6.07 Å². The molecule has 1 heterocycles. The summed E-state index contributed by atoms with van der Waals surface area (Å²) in [6.45, 7) is 3.07. The molecule has 2 aromatic rings. The number of pyridine rings is 1. The molecule has 0 spiro atoms. The van der Waals surface area contributed by atoms with Crippen molar-refractivity contribution in [1.82, 2.24) is 10.3 Å². The molecule has 0 aliphatic heterocycles. The van der Waals surface area contributed by atoms with Gasteiger partial charge in [0.05, 0.1) is 13.2 Å². The van der Waals surface area contributed by atoms with E-state index < -0.39 is 5.82 Å². The molecule has 0 fully saturated rings. The lowest BCUT2D eigenvalue weighted by Gasteiger charge is -2.10. The van der Waals surface area contributed by atoms with E-state index in [1.807, 2.05) is 26.1 Å². The molecule has 0 radical (unpaired) electrons. The average molecular weight is 304 g/mol. The molecular weight excluding hydrogens is 283 g/mol. The molecule has 0 unspecified atom stereocenters. The number of hydrogen-bond acceptors (Lipinski definition) is 4. The summed E-state index contributed by atoms with van der Waals surface area (Å²) in [5.74, 6) is 0.184. The van der Waals surface area contributed by atoms with Crippen LogP contribution in [0.5, 0.6) is 5.88 Å². The molecule has 1 aromatic heterocycles. The Morgan fingerprint density at radius 1 is 1.27 bits per heavy atom. The van der Waals surface area contributed by atoms with E-state index in [1.54, 1.807) is 12.1 Å². The zero-order valence-electron chi connectivity index (χ0n) is 12.9. The second-order valence-electron chi connectivity index (χ2n) is 5.05. The molecule has 0 bridgehead atoms. The smallest absolute Gasteiger partial charge is 0.213 e. The van der Waals surface area contributed by atoms with Gasteiger partial charge in [0.1, 0.15) is 5.82 Å². The predicted molar refractivity (Wildman–Crippen MR) is 84.3 cm³/mol. The van der Waals surface area contributed by atoms with Crippen LogP contribution in [0.25, 0.3) is 11.1 Å². The first-order chi connectivity index (χ1) is 10.7. The maximum absolute atomic E-state index is 13.5. The van der Waals surface area contributed by atoms with Crippen LogP contribution in [-0.2, 0) is 6.61 Å². The molecule has 4 nitrogen and oxygen atoms in total. The molecule has 22 heavy (non-hydrogen) atoms. The van der Waals surface area contributed by atoms with Crippen LogP contribution in [0.2, 0.25) is 0 Å². The van der Waals surface area contributed by atoms with Crippen LogP contribution in [0.15, 0.2) is 30.3 Å². The molecule has 0 aliphatic rings. The van der Waals surface area contributed by atoms with Crippen molar-refractivity contribution in [2.75, 3.05) is 20.2 Å². The summed E-state index contributed by atoms with van der Waals surface area (Å²) in [5.41, 5.74) is 2.82. The van der Waals surface area contributed by atoms with Gasteiger partial charge < -0.3 is 15.2 Å². The summed E-state index contributed by atoms with van der Waals surface area (Å²) in [5, 5.41) is 12.2. The van der Waals surface area contributed by atoms with Crippen LogP contribution in [0.4, 0.5) is 4.39 Å². The van der Waals surface area contributed by atoms with Crippen molar-refractivity contribution in [3.63, 3.8) is 0 Å². The third-order valence-corrected chi connectivity index (χ3v) is 3.41. The maximum atomic E-state index is 13.5. The lowest BCUT2D eigenvalue weighted by atomic mass is 10.0. The van der Waals surface area contributed by atoms with Gasteiger partial charge in [-0.3, -0.25) is 0 Å². The summed E-state index contributed by atoms with van der Waals surface area (Å²) in [6, 6.07) is 8.41. The Balaban J connectivity index is 2.15. The van der Waals surface area contributed by atoms with E-state index in [0.717, 1.165) is 29.8 Å². The molecular formula is C17H21FN2O2. The number of aliphatic hydroxyl groups excluding tert-OH is 1. The Hall–Kier alpha value is -1.98. The minimum Gasteiger partial charge on any atom is -0.478 e. The molecule has 1 aromatic carbocycles. The summed E-state index contributed by atoms with van der Waals surface area (Å²) in [4.78, 5) is 4.43. The van der Waals surface area contributed by atoms with E-state index in [4.69, 9.17) is 9.84 Å². The van der Waals surface area contributed by atoms with Gasteiger partial charge in [-0.05, 0) is 50.7 Å². The molecule has 0 saturated carbocycles. The van der Waals surface area contributed by atoms with Crippen molar-refractivity contribution in [3.8, 4) is 17.0 Å². The molecule has 2 rings (SSSR count). The number of hydrogen-bond donors (Lipinski definition) is 2. The molecule has 0 aliphatic carbocycles. The summed E-state index contributed by atoms with van der Waals surface area (Å²) in [7, 11) is 1.90. The fourth-order valence-corrected chi connectivity index (χ4v) is 2.21. The van der Waals surface area contributed by atoms with Gasteiger partial charge in [0, 0.05) is 22.9 Å². The first-order valence-corrected chi connectivity index (χ1v) is 7.30. The molecule has 118 valence electrons. The van der Waals surface area contributed by atoms with E-state index in [2.05, 4.69) is 10.3 Å². The van der Waals surface area contributed by atoms with Crippen molar-refractivity contribution in [1.29, 1.82) is 0 Å². The van der Waals surface area contributed by atoms with Crippen LogP contribution in [0.1, 0.15) is 17.7 Å². The maximum Gasteiger partial charge on any atom is 0.213 e. The molecule has 0 atom stereocenters. The highest BCUT2D eigenvalue weighted by molar-refractivity contribution is 5.66. The van der Waals surface area contributed by atoms with Crippen molar-refractivity contribution >= 4 is 0 Å². The highest BCUT2D eigenvalue weighted by Gasteiger charge is 2.08. The largest absolute Gasteiger partial charge is 0.478 e. The van der Waals surface area contributed by atoms with E-state index in [1.165, 1.54) is 6.07 Å². The van der Waals surface area contributed by atoms with Crippen LogP contribution in [-0.4, -0.2) is 30.3 Å². The van der Waals surface area contributed by atoms with Gasteiger partial charge in [0.25, 0.3) is 0 Å². The Morgan fingerprint density at radius 2 is 2.09 bits per heavy atom. The summed E-state index contributed by atoms with van der Waals surface area (Å²) in [6.07, 6.45) is 0.913. The van der Waals surface area contributed by atoms with Gasteiger partial charge >= 0.3 is 0 Å². The number of aryl methyl sites for hydroxylation is 1. The Kier molecular flexibility index (Phi) is 5.86. The van der Waals surface area contributed by atoms with Crippen LogP contribution < -0.4 is 10.1 Å². The number of nitrogens with zero attached hydrogens (tertiary/aromatic N) is 1. The number of halogens is 1. The van der Waals surface area contributed by atoms with Gasteiger partial charge in [-0.25, -0.2) is 9.37 Å². The van der Waals surface area contributed by atoms with E-state index in [-0.39, 0.29) is 12.2 Å². The van der Waals surface area contributed by atoms with E-state index in [9.17, 15) is 4.39 Å². The van der Waals surface area contributed by atoms with Gasteiger partial charge in [-0.15, -0.1) is 0 Å². The lowest BCUT2D eigenvalue weighted by molar-refractivity contribution is 0.276. The summed E-state index contributed by atoms with van der Waals surface area (Å²) < 4.78 is 19.0. The highest BCUT2D eigenvalue weighted by Crippen LogP contribution is 2.26. The van der Waals surface area contributed by atoms with Crippen LogP contribution >= 0.6 is 0 Å². The number of nitrogens with one attached hydrogen (secondary N) is 1. The SMILES string of the molecule is CNCCCOc1ccc(-c2ccc(F)c(CO)c2)c(C)n1. The zero-order valence-corrected chi connectivity index (χ0v) is 12.9. The average Bonchev–Trinajstić information content (AvgIpc) is 2.52. The summed E-state index contributed by atoms with van der Waals surface area (Å²) >= 11 is 0. The van der Waals surface area contributed by atoms with Crippen molar-refractivity contribution in [3.05, 3.63) is 47.4 Å². The zero-order chi connectivity index (χ0) is 15.9. The Labute approximate surface area is 130 Å². The number of aliphatic hydroxyl groups is 1. The Bertz CT molecular complexity index is 632. The minimum atomic E-state index is -0.402. The number of ether oxygens (including phenoxy) is 1. The number of aromatic nitrogens is 1. The van der Waals surface area contributed by atoms with Gasteiger partial charge in [0.15, 0.2) is 0 Å². The van der Waals surface area contributed by atoms with Gasteiger partial charge in [0.2, 0.25) is 5.88 Å². The minimum absolute atomic E-state index is 0.282. The fourth-order valence-electron chi connectivity index (χ4n) is 2.21. The third-order valence-electron chi connectivity index (χ3n) is 3.41. The van der Waals surface area contributed by atoms with Crippen molar-refractivity contribution in [2.45, 2.75) is 20.0 Å². The monoisotopic (exact) mass is 304 g/mol. The van der Waals surface area contributed by atoms with Crippen LogP contribution in [0, 0.1) is 12.7 Å². The third kappa shape index (κ3) is 4.02. The van der Waals surface area contributed by atoms with E-state index in [0.29, 0.717) is 12.5 Å². The number of benzene rings is 1. The molecule has 5 heteroatoms. The topological polar surface area (TPSA) is 54.4 Å².